The van der Waals surface area contributed by atoms with Gasteiger partial charge in [-0.05, 0) is 23.8 Å². The molecule has 16 heteroatoms. The molecule has 2 fully saturated rings. The van der Waals surface area contributed by atoms with Gasteiger partial charge >= 0.3 is 23.9 Å². The van der Waals surface area contributed by atoms with Crippen LogP contribution in [-0.4, -0.2) is 124 Å². The second-order valence-corrected chi connectivity index (χ2v) is 9.65. The number of rotatable bonds is 11. The van der Waals surface area contributed by atoms with Gasteiger partial charge in [0.1, 0.15) is 30.7 Å². The van der Waals surface area contributed by atoms with Gasteiger partial charge in [0.2, 0.25) is 12.1 Å². The standard InChI is InChI=1S/C27H34O16/c1-13(31)37-22-19(11-29)40-26(24(39-15(3)33)23(22)38-14(2)32)43-27(12-30)25(21(36)18(10-28)42-27)41-20(35)9-6-16-4-7-17(34)8-5-16/h4-9,18-19,21-26,28-30,34,36H,10-12H2,1-3H3/b9-6+/t18-,19-,21-,22-,23+,24-,25+,26-,27+/m1/s1. The number of phenolic OH excluding ortho intramolecular Hbond substituents is 1. The fourth-order valence-electron chi connectivity index (χ4n) is 4.62. The molecule has 2 aliphatic rings. The van der Waals surface area contributed by atoms with Crippen LogP contribution in [0.2, 0.25) is 0 Å². The number of aromatic hydroxyl groups is 1. The van der Waals surface area contributed by atoms with Crippen LogP contribution in [-0.2, 0) is 52.3 Å². The minimum Gasteiger partial charge on any atom is -0.508 e. The lowest BCUT2D eigenvalue weighted by atomic mass is 9.97. The summed E-state index contributed by atoms with van der Waals surface area (Å²) >= 11 is 0. The summed E-state index contributed by atoms with van der Waals surface area (Å²) in [6.45, 7) is 0.312. The quantitative estimate of drug-likeness (QED) is 0.106. The molecule has 0 radical (unpaired) electrons. The Kier molecular flexibility index (Phi) is 11.6. The first-order chi connectivity index (χ1) is 20.3. The van der Waals surface area contributed by atoms with E-state index < -0.39 is 98.5 Å². The Hall–Kier alpha value is -3.64. The van der Waals surface area contributed by atoms with Crippen molar-refractivity contribution in [3.05, 3.63) is 35.9 Å². The summed E-state index contributed by atoms with van der Waals surface area (Å²) in [5.74, 6) is -6.17. The minimum atomic E-state index is -2.47. The Morgan fingerprint density at radius 1 is 0.837 bits per heavy atom. The predicted molar refractivity (Wildman–Crippen MR) is 138 cm³/mol. The van der Waals surface area contributed by atoms with E-state index in [-0.39, 0.29) is 5.75 Å². The van der Waals surface area contributed by atoms with E-state index >= 15 is 0 Å². The Morgan fingerprint density at radius 3 is 1.93 bits per heavy atom. The van der Waals surface area contributed by atoms with E-state index in [1.54, 1.807) is 0 Å². The molecule has 0 saturated carbocycles. The van der Waals surface area contributed by atoms with Gasteiger partial charge in [0.15, 0.2) is 24.4 Å². The summed E-state index contributed by atoms with van der Waals surface area (Å²) in [7, 11) is 0. The van der Waals surface area contributed by atoms with Crippen molar-refractivity contribution in [3.63, 3.8) is 0 Å². The van der Waals surface area contributed by atoms with Crippen LogP contribution in [0.3, 0.4) is 0 Å². The van der Waals surface area contributed by atoms with Crippen LogP contribution >= 0.6 is 0 Å². The first-order valence-electron chi connectivity index (χ1n) is 13.0. The summed E-state index contributed by atoms with van der Waals surface area (Å²) in [6.07, 6.45) is -10.8. The highest BCUT2D eigenvalue weighted by Crippen LogP contribution is 2.39. The van der Waals surface area contributed by atoms with Gasteiger partial charge in [-0.15, -0.1) is 0 Å². The maximum absolute atomic E-state index is 12.7. The number of carbonyl (C=O) groups is 4. The van der Waals surface area contributed by atoms with Gasteiger partial charge in [-0.2, -0.15) is 0 Å². The molecule has 3 rings (SSSR count). The lowest BCUT2D eigenvalue weighted by Gasteiger charge is -2.46. The Balaban J connectivity index is 1.97. The zero-order valence-corrected chi connectivity index (χ0v) is 23.4. The number of aliphatic hydroxyl groups excluding tert-OH is 4. The lowest BCUT2D eigenvalue weighted by molar-refractivity contribution is -0.384. The molecule has 0 aliphatic carbocycles. The second-order valence-electron chi connectivity index (χ2n) is 9.65. The van der Waals surface area contributed by atoms with Gasteiger partial charge in [0.25, 0.3) is 0 Å². The average molecular weight is 615 g/mol. The van der Waals surface area contributed by atoms with Crippen LogP contribution in [0.25, 0.3) is 6.08 Å². The molecule has 1 aromatic rings. The zero-order chi connectivity index (χ0) is 31.9. The van der Waals surface area contributed by atoms with Gasteiger partial charge in [0, 0.05) is 26.8 Å². The number of carbonyl (C=O) groups excluding carboxylic acids is 4. The number of phenols is 1. The molecule has 238 valence electrons. The molecule has 16 nitrogen and oxygen atoms in total. The van der Waals surface area contributed by atoms with Crippen molar-refractivity contribution < 1.29 is 77.9 Å². The summed E-state index contributed by atoms with van der Waals surface area (Å²) < 4.78 is 38.3. The van der Waals surface area contributed by atoms with E-state index in [1.807, 2.05) is 0 Å². The molecule has 0 spiro atoms. The summed E-state index contributed by atoms with van der Waals surface area (Å²) in [5.41, 5.74) is 0.504. The van der Waals surface area contributed by atoms with Gasteiger partial charge in [-0.25, -0.2) is 4.79 Å². The molecule has 2 saturated heterocycles. The molecule has 0 unspecified atom stereocenters. The molecule has 1 aromatic carbocycles. The number of hydrogen-bond acceptors (Lipinski definition) is 16. The Bertz CT molecular complexity index is 1170. The molecule has 9 atom stereocenters. The number of aliphatic hydroxyl groups is 4. The van der Waals surface area contributed by atoms with Crippen molar-refractivity contribution in [2.75, 3.05) is 19.8 Å². The minimum absolute atomic E-state index is 0.00132. The first-order valence-corrected chi connectivity index (χ1v) is 13.0. The lowest BCUT2D eigenvalue weighted by Crippen LogP contribution is -2.65. The third-order valence-electron chi connectivity index (χ3n) is 6.42. The fraction of sp³-hybridized carbons (Fsp3) is 0.556. The van der Waals surface area contributed by atoms with Crippen LogP contribution in [0.4, 0.5) is 0 Å². The van der Waals surface area contributed by atoms with Gasteiger partial charge in [-0.1, -0.05) is 12.1 Å². The third kappa shape index (κ3) is 8.26. The van der Waals surface area contributed by atoms with E-state index in [4.69, 9.17) is 33.2 Å². The number of ether oxygens (including phenoxy) is 7. The monoisotopic (exact) mass is 614 g/mol. The van der Waals surface area contributed by atoms with E-state index in [2.05, 4.69) is 0 Å². The van der Waals surface area contributed by atoms with Crippen LogP contribution in [0.1, 0.15) is 26.3 Å². The average Bonchev–Trinajstić information content (AvgIpc) is 3.21. The van der Waals surface area contributed by atoms with E-state index in [0.717, 1.165) is 26.8 Å². The van der Waals surface area contributed by atoms with Gasteiger partial charge < -0.3 is 58.7 Å². The Morgan fingerprint density at radius 2 is 1.40 bits per heavy atom. The van der Waals surface area contributed by atoms with Crippen LogP contribution in [0.15, 0.2) is 30.3 Å². The smallest absolute Gasteiger partial charge is 0.331 e. The second kappa shape index (κ2) is 14.7. The fourth-order valence-corrected chi connectivity index (χ4v) is 4.62. The van der Waals surface area contributed by atoms with Crippen molar-refractivity contribution in [1.82, 2.24) is 0 Å². The molecule has 2 aliphatic heterocycles. The zero-order valence-electron chi connectivity index (χ0n) is 23.4. The first kappa shape index (κ1) is 33.9. The van der Waals surface area contributed by atoms with Crippen LogP contribution in [0, 0.1) is 0 Å². The molecule has 0 aromatic heterocycles. The Labute approximate surface area is 245 Å². The molecule has 5 N–H and O–H groups in total. The number of benzene rings is 1. The molecular formula is C27H34O16. The number of hydrogen-bond donors (Lipinski definition) is 5. The highest BCUT2D eigenvalue weighted by Gasteiger charge is 2.62. The highest BCUT2D eigenvalue weighted by molar-refractivity contribution is 5.87. The van der Waals surface area contributed by atoms with Crippen molar-refractivity contribution in [2.45, 2.75) is 75.6 Å². The SMILES string of the molecule is CC(=O)O[C@@H]1[C@@H](OC(C)=O)[C@@H](O[C@]2(CO)O[C@H](CO)[C@@H](O)[C@@H]2OC(=O)/C=C/c2ccc(O)cc2)O[C@H](CO)[C@H]1OC(C)=O. The molecule has 0 bridgehead atoms. The third-order valence-corrected chi connectivity index (χ3v) is 6.42. The van der Waals surface area contributed by atoms with E-state index in [0.29, 0.717) is 5.56 Å². The predicted octanol–water partition coefficient (Wildman–Crippen LogP) is -1.71. The van der Waals surface area contributed by atoms with E-state index in [9.17, 15) is 44.7 Å². The maximum atomic E-state index is 12.7. The van der Waals surface area contributed by atoms with Gasteiger partial charge in [0.05, 0.1) is 13.2 Å². The van der Waals surface area contributed by atoms with Crippen molar-refractivity contribution in [2.24, 2.45) is 0 Å². The van der Waals surface area contributed by atoms with Crippen molar-refractivity contribution in [1.29, 1.82) is 0 Å². The summed E-state index contributed by atoms with van der Waals surface area (Å²) in [6, 6.07) is 5.78. The molecule has 2 heterocycles. The van der Waals surface area contributed by atoms with Crippen LogP contribution < -0.4 is 0 Å². The molecule has 0 amide bonds. The maximum Gasteiger partial charge on any atom is 0.331 e. The molecule has 43 heavy (non-hydrogen) atoms. The normalized spacial score (nSPS) is 32.3. The van der Waals surface area contributed by atoms with E-state index in [1.165, 1.54) is 30.3 Å². The van der Waals surface area contributed by atoms with Gasteiger partial charge in [-0.3, -0.25) is 14.4 Å². The molecular weight excluding hydrogens is 580 g/mol. The van der Waals surface area contributed by atoms with Crippen molar-refractivity contribution in [3.8, 4) is 5.75 Å². The largest absolute Gasteiger partial charge is 0.508 e. The topological polar surface area (TPSA) is 234 Å². The summed E-state index contributed by atoms with van der Waals surface area (Å²) in [4.78, 5) is 48.5. The highest BCUT2D eigenvalue weighted by atomic mass is 16.8. The summed E-state index contributed by atoms with van der Waals surface area (Å²) in [5, 5.41) is 50.4. The number of esters is 4. The van der Waals surface area contributed by atoms with Crippen molar-refractivity contribution >= 4 is 30.0 Å². The van der Waals surface area contributed by atoms with Crippen LogP contribution in [0.5, 0.6) is 5.75 Å².